The van der Waals surface area contributed by atoms with Crippen molar-refractivity contribution in [1.82, 2.24) is 14.7 Å². The zero-order chi connectivity index (χ0) is 16.9. The first-order valence-electron chi connectivity index (χ1n) is 8.96. The van der Waals surface area contributed by atoms with Crippen LogP contribution in [0.3, 0.4) is 0 Å². The fraction of sp³-hybridized carbons (Fsp3) is 0.632. The summed E-state index contributed by atoms with van der Waals surface area (Å²) in [5, 5.41) is 0. The fourth-order valence-electron chi connectivity index (χ4n) is 3.64. The summed E-state index contributed by atoms with van der Waals surface area (Å²) < 4.78 is 5.79. The van der Waals surface area contributed by atoms with E-state index in [-0.39, 0.29) is 12.0 Å². The van der Waals surface area contributed by atoms with Crippen molar-refractivity contribution >= 4 is 5.91 Å². The van der Waals surface area contributed by atoms with E-state index in [1.54, 1.807) is 0 Å². The number of likely N-dealkylation sites (tertiary alicyclic amines) is 1. The van der Waals surface area contributed by atoms with Gasteiger partial charge in [0.05, 0.1) is 6.61 Å². The minimum absolute atomic E-state index is 0.171. The molecule has 24 heavy (non-hydrogen) atoms. The van der Waals surface area contributed by atoms with Crippen LogP contribution in [0.25, 0.3) is 0 Å². The van der Waals surface area contributed by atoms with Gasteiger partial charge in [-0.05, 0) is 32.5 Å². The van der Waals surface area contributed by atoms with Gasteiger partial charge in [0.2, 0.25) is 0 Å². The number of ether oxygens (including phenoxy) is 1. The Bertz CT molecular complexity index is 527. The van der Waals surface area contributed by atoms with Crippen molar-refractivity contribution in [2.45, 2.75) is 31.5 Å². The van der Waals surface area contributed by atoms with E-state index in [1.165, 1.54) is 5.56 Å². The zero-order valence-corrected chi connectivity index (χ0v) is 14.9. The maximum absolute atomic E-state index is 12.8. The van der Waals surface area contributed by atoms with Gasteiger partial charge >= 0.3 is 0 Å². The van der Waals surface area contributed by atoms with Gasteiger partial charge in [-0.2, -0.15) is 0 Å². The highest BCUT2D eigenvalue weighted by Crippen LogP contribution is 2.18. The number of nitrogens with zero attached hydrogens (tertiary/aromatic N) is 3. The molecule has 0 bridgehead atoms. The van der Waals surface area contributed by atoms with Gasteiger partial charge < -0.3 is 14.5 Å². The first kappa shape index (κ1) is 17.4. The molecule has 3 rings (SSSR count). The normalized spacial score (nSPS) is 23.6. The molecule has 2 fully saturated rings. The molecular weight excluding hydrogens is 302 g/mol. The molecule has 2 saturated heterocycles. The molecule has 1 amide bonds. The van der Waals surface area contributed by atoms with Crippen molar-refractivity contribution in [3.8, 4) is 0 Å². The van der Waals surface area contributed by atoms with Crippen LogP contribution in [0, 0.1) is 0 Å². The molecule has 1 atom stereocenters. The Balaban J connectivity index is 1.52. The van der Waals surface area contributed by atoms with E-state index in [9.17, 15) is 4.79 Å². The summed E-state index contributed by atoms with van der Waals surface area (Å²) in [6.45, 7) is 4.80. The monoisotopic (exact) mass is 331 g/mol. The molecule has 0 saturated carbocycles. The lowest BCUT2D eigenvalue weighted by atomic mass is 10.0. The Morgan fingerprint density at radius 2 is 1.88 bits per heavy atom. The molecule has 0 radical (unpaired) electrons. The lowest BCUT2D eigenvalue weighted by molar-refractivity contribution is -0.151. The third-order valence-electron chi connectivity index (χ3n) is 5.18. The van der Waals surface area contributed by atoms with Crippen LogP contribution in [-0.2, 0) is 16.1 Å². The molecule has 5 nitrogen and oxygen atoms in total. The van der Waals surface area contributed by atoms with Crippen LogP contribution in [0.1, 0.15) is 18.4 Å². The maximum Gasteiger partial charge on any atom is 0.253 e. The second-order valence-corrected chi connectivity index (χ2v) is 7.10. The van der Waals surface area contributed by atoms with E-state index in [4.69, 9.17) is 4.74 Å². The van der Waals surface area contributed by atoms with Crippen molar-refractivity contribution in [2.75, 3.05) is 46.9 Å². The van der Waals surface area contributed by atoms with Gasteiger partial charge in [-0.3, -0.25) is 9.69 Å². The number of carbonyl (C=O) groups is 1. The SMILES string of the molecule is CN(C)C1CCN(C(=O)[C@@H]2CN(Cc3ccccc3)CCO2)CC1. The van der Waals surface area contributed by atoms with Crippen LogP contribution in [0.15, 0.2) is 30.3 Å². The maximum atomic E-state index is 12.8. The minimum atomic E-state index is -0.307. The second-order valence-electron chi connectivity index (χ2n) is 7.10. The Morgan fingerprint density at radius 1 is 1.17 bits per heavy atom. The predicted octanol–water partition coefficient (Wildman–Crippen LogP) is 1.44. The lowest BCUT2D eigenvalue weighted by Crippen LogP contribution is -2.53. The van der Waals surface area contributed by atoms with Crippen molar-refractivity contribution in [3.05, 3.63) is 35.9 Å². The molecule has 1 aromatic carbocycles. The van der Waals surface area contributed by atoms with Crippen LogP contribution in [0.4, 0.5) is 0 Å². The van der Waals surface area contributed by atoms with Gasteiger partial charge in [-0.15, -0.1) is 0 Å². The summed E-state index contributed by atoms with van der Waals surface area (Å²) >= 11 is 0. The van der Waals surface area contributed by atoms with E-state index < -0.39 is 0 Å². The summed E-state index contributed by atoms with van der Waals surface area (Å²) in [7, 11) is 4.24. The van der Waals surface area contributed by atoms with Crippen LogP contribution in [-0.4, -0.2) is 79.6 Å². The van der Waals surface area contributed by atoms with Crippen molar-refractivity contribution in [1.29, 1.82) is 0 Å². The molecular formula is C19H29N3O2. The molecule has 0 N–H and O–H groups in total. The van der Waals surface area contributed by atoms with Gasteiger partial charge in [0.15, 0.2) is 0 Å². The number of benzene rings is 1. The highest BCUT2D eigenvalue weighted by atomic mass is 16.5. The lowest BCUT2D eigenvalue weighted by Gasteiger charge is -2.39. The predicted molar refractivity (Wildman–Crippen MR) is 94.7 cm³/mol. The number of piperidine rings is 1. The van der Waals surface area contributed by atoms with E-state index >= 15 is 0 Å². The van der Waals surface area contributed by atoms with Crippen LogP contribution < -0.4 is 0 Å². The summed E-state index contributed by atoms with van der Waals surface area (Å²) in [4.78, 5) is 19.4. The van der Waals surface area contributed by atoms with Gasteiger partial charge in [-0.1, -0.05) is 30.3 Å². The summed E-state index contributed by atoms with van der Waals surface area (Å²) in [5.41, 5.74) is 1.29. The number of amides is 1. The molecule has 5 heteroatoms. The number of morpholine rings is 1. The van der Waals surface area contributed by atoms with Gasteiger partial charge in [0.25, 0.3) is 5.91 Å². The van der Waals surface area contributed by atoms with E-state index in [2.05, 4.69) is 48.2 Å². The number of carbonyl (C=O) groups excluding carboxylic acids is 1. The van der Waals surface area contributed by atoms with Crippen LogP contribution >= 0.6 is 0 Å². The minimum Gasteiger partial charge on any atom is -0.366 e. The van der Waals surface area contributed by atoms with E-state index in [1.807, 2.05) is 11.0 Å². The Kier molecular flexibility index (Phi) is 5.87. The highest BCUT2D eigenvalue weighted by Gasteiger charge is 2.32. The van der Waals surface area contributed by atoms with E-state index in [0.29, 0.717) is 19.2 Å². The van der Waals surface area contributed by atoms with Gasteiger partial charge in [-0.25, -0.2) is 0 Å². The summed E-state index contributed by atoms with van der Waals surface area (Å²) in [6.07, 6.45) is 1.80. The van der Waals surface area contributed by atoms with Crippen molar-refractivity contribution in [2.24, 2.45) is 0 Å². The molecule has 0 spiro atoms. The largest absolute Gasteiger partial charge is 0.366 e. The highest BCUT2D eigenvalue weighted by molar-refractivity contribution is 5.81. The summed E-state index contributed by atoms with van der Waals surface area (Å²) in [5.74, 6) is 0.171. The Labute approximate surface area is 145 Å². The smallest absolute Gasteiger partial charge is 0.253 e. The first-order valence-corrected chi connectivity index (χ1v) is 8.96. The molecule has 0 aliphatic carbocycles. The third-order valence-corrected chi connectivity index (χ3v) is 5.18. The standard InChI is InChI=1S/C19H29N3O2/c1-20(2)17-8-10-22(11-9-17)19(23)18-15-21(12-13-24-18)14-16-6-4-3-5-7-16/h3-7,17-18H,8-15H2,1-2H3/t18-/m0/s1. The zero-order valence-electron chi connectivity index (χ0n) is 14.9. The van der Waals surface area contributed by atoms with Gasteiger partial charge in [0.1, 0.15) is 6.10 Å². The number of hydrogen-bond donors (Lipinski definition) is 0. The van der Waals surface area contributed by atoms with Crippen molar-refractivity contribution < 1.29 is 9.53 Å². The Hall–Kier alpha value is -1.43. The molecule has 0 aromatic heterocycles. The molecule has 132 valence electrons. The fourth-order valence-corrected chi connectivity index (χ4v) is 3.64. The molecule has 1 aromatic rings. The number of rotatable bonds is 4. The van der Waals surface area contributed by atoms with Crippen LogP contribution in [0.2, 0.25) is 0 Å². The third kappa shape index (κ3) is 4.35. The van der Waals surface area contributed by atoms with Gasteiger partial charge in [0, 0.05) is 38.8 Å². The molecule has 2 aliphatic heterocycles. The average molecular weight is 331 g/mol. The topological polar surface area (TPSA) is 36.0 Å². The molecule has 2 aliphatic rings. The number of hydrogen-bond acceptors (Lipinski definition) is 4. The van der Waals surface area contributed by atoms with E-state index in [0.717, 1.165) is 39.0 Å². The summed E-state index contributed by atoms with van der Waals surface area (Å²) in [6, 6.07) is 11.0. The first-order chi connectivity index (χ1) is 11.6. The quantitative estimate of drug-likeness (QED) is 0.836. The second kappa shape index (κ2) is 8.10. The van der Waals surface area contributed by atoms with Crippen molar-refractivity contribution in [3.63, 3.8) is 0 Å². The Morgan fingerprint density at radius 3 is 2.54 bits per heavy atom. The average Bonchev–Trinajstić information content (AvgIpc) is 2.62. The van der Waals surface area contributed by atoms with Crippen LogP contribution in [0.5, 0.6) is 0 Å². The molecule has 0 unspecified atom stereocenters. The molecule has 2 heterocycles.